The van der Waals surface area contributed by atoms with Crippen molar-refractivity contribution in [2.75, 3.05) is 0 Å². The molecule has 2 aromatic carbocycles. The van der Waals surface area contributed by atoms with Crippen LogP contribution in [-0.2, 0) is 19.7 Å². The minimum Gasteiger partial charge on any atom is -0.222 e. The predicted molar refractivity (Wildman–Crippen MR) is 102 cm³/mol. The summed E-state index contributed by atoms with van der Waals surface area (Å²) in [5.41, 5.74) is 0.736. The summed E-state index contributed by atoms with van der Waals surface area (Å²) in [6.45, 7) is 0. The zero-order valence-corrected chi connectivity index (χ0v) is 15.8. The van der Waals surface area contributed by atoms with Crippen molar-refractivity contribution in [1.29, 1.82) is 0 Å². The van der Waals surface area contributed by atoms with Crippen LogP contribution in [0.4, 0.5) is 0 Å². The summed E-state index contributed by atoms with van der Waals surface area (Å²) < 4.78 is 51.2. The van der Waals surface area contributed by atoms with Crippen LogP contribution in [0.2, 0.25) is 0 Å². The van der Waals surface area contributed by atoms with Crippen molar-refractivity contribution >= 4 is 19.7 Å². The smallest absolute Gasteiger partial charge is 0.196 e. The Morgan fingerprint density at radius 3 is 1.65 bits per heavy atom. The van der Waals surface area contributed by atoms with Gasteiger partial charge in [-0.1, -0.05) is 54.6 Å². The van der Waals surface area contributed by atoms with Crippen LogP contribution >= 0.6 is 0 Å². The number of allylic oxidation sites excluding steroid dienone is 4. The zero-order valence-electron chi connectivity index (χ0n) is 14.2. The molecule has 0 N–H and O–H groups in total. The molecule has 0 fully saturated rings. The van der Waals surface area contributed by atoms with Crippen LogP contribution in [0, 0.1) is 0 Å². The third-order valence-corrected chi connectivity index (χ3v) is 9.41. The molecule has 2 aromatic rings. The van der Waals surface area contributed by atoms with Gasteiger partial charge in [0, 0.05) is 6.42 Å². The lowest BCUT2D eigenvalue weighted by atomic mass is 10.1. The Hall–Kier alpha value is -2.18. The minimum absolute atomic E-state index is 0.0184. The van der Waals surface area contributed by atoms with Crippen molar-refractivity contribution in [2.45, 2.75) is 33.6 Å². The molecule has 0 amide bonds. The van der Waals surface area contributed by atoms with Crippen LogP contribution in [0.3, 0.4) is 0 Å². The Labute approximate surface area is 154 Å². The van der Waals surface area contributed by atoms with Crippen molar-refractivity contribution in [3.63, 3.8) is 0 Å². The van der Waals surface area contributed by atoms with Gasteiger partial charge in [0.15, 0.2) is 24.3 Å². The van der Waals surface area contributed by atoms with E-state index >= 15 is 0 Å². The van der Waals surface area contributed by atoms with E-state index in [1.54, 1.807) is 36.4 Å². The third-order valence-electron chi connectivity index (χ3n) is 4.31. The van der Waals surface area contributed by atoms with E-state index in [4.69, 9.17) is 0 Å². The average Bonchev–Trinajstić information content (AvgIpc) is 2.68. The summed E-state index contributed by atoms with van der Waals surface area (Å²) in [5, 5.41) is 0. The lowest BCUT2D eigenvalue weighted by molar-refractivity contribution is 0.573. The maximum atomic E-state index is 13.2. The molecule has 1 aliphatic rings. The van der Waals surface area contributed by atoms with Crippen LogP contribution < -0.4 is 0 Å². The Morgan fingerprint density at radius 1 is 0.731 bits per heavy atom. The monoisotopic (exact) mass is 388 g/mol. The van der Waals surface area contributed by atoms with Crippen LogP contribution in [0.5, 0.6) is 0 Å². The summed E-state index contributed by atoms with van der Waals surface area (Å²) >= 11 is 0. The first-order chi connectivity index (χ1) is 12.4. The standard InChI is InChI=1S/C20H20O4S2/c21-25(22,18-12-6-2-7-13-18)20(16-17-10-4-1-5-11-17)26(23,24)19-14-8-3-9-15-19/h2-4,6-15,20H,1,5,16H2. The van der Waals surface area contributed by atoms with E-state index in [1.165, 1.54) is 24.3 Å². The SMILES string of the molecule is O=S(=O)(c1ccccc1)C(CC1=CCCC=C1)S(=O)(=O)c1ccccc1. The molecule has 0 spiro atoms. The van der Waals surface area contributed by atoms with E-state index in [9.17, 15) is 16.8 Å². The summed E-state index contributed by atoms with van der Waals surface area (Å²) in [6, 6.07) is 15.5. The van der Waals surface area contributed by atoms with Crippen molar-refractivity contribution in [3.8, 4) is 0 Å². The summed E-state index contributed by atoms with van der Waals surface area (Å²) in [6.07, 6.45) is 7.27. The largest absolute Gasteiger partial charge is 0.222 e. The van der Waals surface area contributed by atoms with Crippen molar-refractivity contribution in [2.24, 2.45) is 0 Å². The van der Waals surface area contributed by atoms with Gasteiger partial charge in [0.1, 0.15) is 0 Å². The predicted octanol–water partition coefficient (Wildman–Crippen LogP) is 3.93. The van der Waals surface area contributed by atoms with Crippen molar-refractivity contribution < 1.29 is 16.8 Å². The molecule has 3 rings (SSSR count). The second-order valence-corrected chi connectivity index (χ2v) is 10.7. The summed E-state index contributed by atoms with van der Waals surface area (Å²) in [5.74, 6) is 0. The maximum Gasteiger partial charge on any atom is 0.196 e. The van der Waals surface area contributed by atoms with E-state index in [1.807, 2.05) is 18.2 Å². The van der Waals surface area contributed by atoms with Gasteiger partial charge in [-0.2, -0.15) is 0 Å². The summed E-state index contributed by atoms with van der Waals surface area (Å²) in [7, 11) is -8.14. The van der Waals surface area contributed by atoms with E-state index < -0.39 is 24.3 Å². The molecule has 0 saturated heterocycles. The number of rotatable bonds is 6. The second kappa shape index (κ2) is 7.60. The fourth-order valence-corrected chi connectivity index (χ4v) is 7.43. The quantitative estimate of drug-likeness (QED) is 0.752. The molecule has 0 bridgehead atoms. The summed E-state index contributed by atoms with van der Waals surface area (Å²) in [4.78, 5) is 0.0368. The molecule has 0 radical (unpaired) electrons. The molecule has 1 aliphatic carbocycles. The molecule has 0 aromatic heterocycles. The fourth-order valence-electron chi connectivity index (χ4n) is 2.92. The normalized spacial score (nSPS) is 15.0. The Kier molecular flexibility index (Phi) is 5.44. The Bertz CT molecular complexity index is 950. The van der Waals surface area contributed by atoms with Gasteiger partial charge in [-0.25, -0.2) is 16.8 Å². The number of hydrogen-bond donors (Lipinski definition) is 0. The van der Waals surface area contributed by atoms with Gasteiger partial charge in [-0.3, -0.25) is 0 Å². The first-order valence-electron chi connectivity index (χ1n) is 8.36. The van der Waals surface area contributed by atoms with E-state index in [-0.39, 0.29) is 16.2 Å². The molecule has 0 unspecified atom stereocenters. The van der Waals surface area contributed by atoms with Gasteiger partial charge < -0.3 is 0 Å². The second-order valence-electron chi connectivity index (χ2n) is 6.11. The minimum atomic E-state index is -4.07. The lowest BCUT2D eigenvalue weighted by Crippen LogP contribution is -2.31. The lowest BCUT2D eigenvalue weighted by Gasteiger charge is -2.20. The van der Waals surface area contributed by atoms with E-state index in [0.29, 0.717) is 0 Å². The van der Waals surface area contributed by atoms with Crippen molar-refractivity contribution in [1.82, 2.24) is 0 Å². The highest BCUT2D eigenvalue weighted by Crippen LogP contribution is 2.31. The molecule has 26 heavy (non-hydrogen) atoms. The highest BCUT2D eigenvalue weighted by atomic mass is 32.3. The molecule has 136 valence electrons. The van der Waals surface area contributed by atoms with Crippen LogP contribution in [-0.4, -0.2) is 21.4 Å². The topological polar surface area (TPSA) is 68.3 Å². The number of hydrogen-bond acceptors (Lipinski definition) is 4. The van der Waals surface area contributed by atoms with Gasteiger partial charge in [0.2, 0.25) is 0 Å². The molecule has 0 saturated carbocycles. The first kappa shape index (κ1) is 18.6. The molecule has 0 atom stereocenters. The molecule has 0 aliphatic heterocycles. The fraction of sp³-hybridized carbons (Fsp3) is 0.200. The molecule has 4 nitrogen and oxygen atoms in total. The highest BCUT2D eigenvalue weighted by Gasteiger charge is 2.40. The average molecular weight is 389 g/mol. The Balaban J connectivity index is 2.11. The van der Waals surface area contributed by atoms with Crippen LogP contribution in [0.1, 0.15) is 19.3 Å². The first-order valence-corrected chi connectivity index (χ1v) is 11.4. The maximum absolute atomic E-state index is 13.2. The van der Waals surface area contributed by atoms with E-state index in [2.05, 4.69) is 0 Å². The van der Waals surface area contributed by atoms with Gasteiger partial charge in [-0.15, -0.1) is 0 Å². The van der Waals surface area contributed by atoms with Gasteiger partial charge >= 0.3 is 0 Å². The van der Waals surface area contributed by atoms with Crippen LogP contribution in [0.15, 0.2) is 94.3 Å². The van der Waals surface area contributed by atoms with E-state index in [0.717, 1.165) is 18.4 Å². The number of sulfone groups is 2. The van der Waals surface area contributed by atoms with Crippen molar-refractivity contribution in [3.05, 3.63) is 84.5 Å². The van der Waals surface area contributed by atoms with Gasteiger partial charge in [0.05, 0.1) is 9.79 Å². The third kappa shape index (κ3) is 3.81. The zero-order chi connectivity index (χ0) is 18.6. The number of benzene rings is 2. The molecular weight excluding hydrogens is 368 g/mol. The van der Waals surface area contributed by atoms with Gasteiger partial charge in [0.25, 0.3) is 0 Å². The molecule has 6 heteroatoms. The Morgan fingerprint density at radius 2 is 1.23 bits per heavy atom. The van der Waals surface area contributed by atoms with Gasteiger partial charge in [-0.05, 0) is 42.7 Å². The van der Waals surface area contributed by atoms with Crippen LogP contribution in [0.25, 0.3) is 0 Å². The molecular formula is C20H20O4S2. The molecule has 0 heterocycles. The highest BCUT2D eigenvalue weighted by molar-refractivity contribution is 8.09.